The molecule has 96 valence electrons. The van der Waals surface area contributed by atoms with Crippen molar-refractivity contribution in [3.05, 3.63) is 11.1 Å². The Kier molecular flexibility index (Phi) is 3.03. The van der Waals surface area contributed by atoms with Gasteiger partial charge in [0.2, 0.25) is 11.8 Å². The molecule has 3 rings (SSSR count). The molecule has 0 unspecified atom stereocenters. The molecule has 1 N–H and O–H groups in total. The Hall–Kier alpha value is -1.43. The van der Waals surface area contributed by atoms with Gasteiger partial charge >= 0.3 is 0 Å². The van der Waals surface area contributed by atoms with Crippen LogP contribution in [0.2, 0.25) is 0 Å². The van der Waals surface area contributed by atoms with Crippen LogP contribution in [0.5, 0.6) is 0 Å². The first-order valence-corrected chi connectivity index (χ1v) is 7.14. The zero-order chi connectivity index (χ0) is 12.5. The molecule has 0 spiro atoms. The molecule has 2 aliphatic rings. The molecule has 1 aromatic heterocycles. The predicted octanol–water partition coefficient (Wildman–Crippen LogP) is 1.09. The van der Waals surface area contributed by atoms with Crippen molar-refractivity contribution < 1.29 is 9.59 Å². The zero-order valence-corrected chi connectivity index (χ0v) is 10.8. The van der Waals surface area contributed by atoms with E-state index in [2.05, 4.69) is 10.3 Å². The summed E-state index contributed by atoms with van der Waals surface area (Å²) in [6, 6.07) is 0.385. The molecule has 1 aliphatic heterocycles. The van der Waals surface area contributed by atoms with E-state index < -0.39 is 0 Å². The second kappa shape index (κ2) is 4.68. The summed E-state index contributed by atoms with van der Waals surface area (Å²) in [6.45, 7) is 0.750. The van der Waals surface area contributed by atoms with Gasteiger partial charge in [0.05, 0.1) is 12.1 Å². The summed E-state index contributed by atoms with van der Waals surface area (Å²) in [5.74, 6) is 0.167. The van der Waals surface area contributed by atoms with E-state index in [-0.39, 0.29) is 11.8 Å². The van der Waals surface area contributed by atoms with Crippen LogP contribution in [0.4, 0.5) is 5.13 Å². The quantitative estimate of drug-likeness (QED) is 0.886. The fourth-order valence-electron chi connectivity index (χ4n) is 2.02. The highest BCUT2D eigenvalue weighted by Gasteiger charge is 2.26. The summed E-state index contributed by atoms with van der Waals surface area (Å²) in [6.07, 6.45) is 4.01. The molecule has 0 radical (unpaired) electrons. The first kappa shape index (κ1) is 11.6. The third-order valence-corrected chi connectivity index (χ3v) is 4.04. The van der Waals surface area contributed by atoms with E-state index in [9.17, 15) is 9.59 Å². The Morgan fingerprint density at radius 2 is 2.39 bits per heavy atom. The SMILES string of the molecule is O=C(Cc1csc(N2CCCC2=O)n1)NC1CC1. The van der Waals surface area contributed by atoms with Crippen molar-refractivity contribution in [2.75, 3.05) is 11.4 Å². The first-order chi connectivity index (χ1) is 8.72. The molecular formula is C12H15N3O2S. The molecule has 2 fully saturated rings. The highest BCUT2D eigenvalue weighted by Crippen LogP contribution is 2.25. The maximum absolute atomic E-state index is 11.6. The van der Waals surface area contributed by atoms with Gasteiger partial charge in [-0.05, 0) is 19.3 Å². The van der Waals surface area contributed by atoms with Crippen molar-refractivity contribution in [2.45, 2.75) is 38.1 Å². The summed E-state index contributed by atoms with van der Waals surface area (Å²) in [5.41, 5.74) is 0.757. The number of amides is 2. The number of carbonyl (C=O) groups is 2. The lowest BCUT2D eigenvalue weighted by atomic mass is 10.3. The van der Waals surface area contributed by atoms with Gasteiger partial charge in [-0.2, -0.15) is 0 Å². The van der Waals surface area contributed by atoms with E-state index in [0.717, 1.165) is 36.6 Å². The third kappa shape index (κ3) is 2.53. The molecule has 2 amide bonds. The molecule has 0 atom stereocenters. The molecule has 1 saturated heterocycles. The summed E-state index contributed by atoms with van der Waals surface area (Å²) in [7, 11) is 0. The van der Waals surface area contributed by atoms with Gasteiger partial charge in [0, 0.05) is 24.4 Å². The van der Waals surface area contributed by atoms with Gasteiger partial charge in [-0.3, -0.25) is 14.5 Å². The van der Waals surface area contributed by atoms with Crippen LogP contribution in [0.15, 0.2) is 5.38 Å². The molecular weight excluding hydrogens is 250 g/mol. The largest absolute Gasteiger partial charge is 0.353 e. The number of nitrogens with one attached hydrogen (secondary N) is 1. The monoisotopic (exact) mass is 265 g/mol. The van der Waals surface area contributed by atoms with Crippen LogP contribution in [0.25, 0.3) is 0 Å². The summed E-state index contributed by atoms with van der Waals surface area (Å²) < 4.78 is 0. The molecule has 18 heavy (non-hydrogen) atoms. The summed E-state index contributed by atoms with van der Waals surface area (Å²) in [5, 5.41) is 5.53. The van der Waals surface area contributed by atoms with Gasteiger partial charge in [-0.15, -0.1) is 11.3 Å². The van der Waals surface area contributed by atoms with Crippen molar-refractivity contribution in [1.29, 1.82) is 0 Å². The average Bonchev–Trinajstić information content (AvgIpc) is 2.85. The minimum Gasteiger partial charge on any atom is -0.353 e. The standard InChI is InChI=1S/C12H15N3O2S/c16-10(13-8-3-4-8)6-9-7-18-12(14-9)15-5-1-2-11(15)17/h7-8H,1-6H2,(H,13,16). The Labute approximate surface area is 109 Å². The van der Waals surface area contributed by atoms with Crippen LogP contribution in [-0.2, 0) is 16.0 Å². The van der Waals surface area contributed by atoms with E-state index in [0.29, 0.717) is 18.9 Å². The lowest BCUT2D eigenvalue weighted by Crippen LogP contribution is -2.27. The van der Waals surface area contributed by atoms with Crippen molar-refractivity contribution in [3.8, 4) is 0 Å². The predicted molar refractivity (Wildman–Crippen MR) is 68.6 cm³/mol. The van der Waals surface area contributed by atoms with Crippen LogP contribution in [0, 0.1) is 0 Å². The normalized spacial score (nSPS) is 19.3. The lowest BCUT2D eigenvalue weighted by molar-refractivity contribution is -0.120. The van der Waals surface area contributed by atoms with Crippen molar-refractivity contribution in [3.63, 3.8) is 0 Å². The van der Waals surface area contributed by atoms with E-state index >= 15 is 0 Å². The molecule has 0 bridgehead atoms. The van der Waals surface area contributed by atoms with E-state index in [1.54, 1.807) is 4.90 Å². The zero-order valence-electron chi connectivity index (χ0n) is 10.0. The fraction of sp³-hybridized carbons (Fsp3) is 0.583. The number of anilines is 1. The maximum atomic E-state index is 11.6. The molecule has 5 nitrogen and oxygen atoms in total. The van der Waals surface area contributed by atoms with Crippen LogP contribution < -0.4 is 10.2 Å². The molecule has 1 saturated carbocycles. The summed E-state index contributed by atoms with van der Waals surface area (Å²) in [4.78, 5) is 29.3. The Morgan fingerprint density at radius 1 is 1.56 bits per heavy atom. The smallest absolute Gasteiger partial charge is 0.228 e. The molecule has 1 aliphatic carbocycles. The van der Waals surface area contributed by atoms with Gasteiger partial charge in [-0.25, -0.2) is 4.98 Å². The van der Waals surface area contributed by atoms with Crippen molar-refractivity contribution in [1.82, 2.24) is 10.3 Å². The van der Waals surface area contributed by atoms with Gasteiger partial charge < -0.3 is 5.32 Å². The second-order valence-corrected chi connectivity index (χ2v) is 5.63. The minimum absolute atomic E-state index is 0.0297. The topological polar surface area (TPSA) is 62.3 Å². The maximum Gasteiger partial charge on any atom is 0.228 e. The molecule has 0 aromatic carbocycles. The first-order valence-electron chi connectivity index (χ1n) is 6.26. The van der Waals surface area contributed by atoms with E-state index in [4.69, 9.17) is 0 Å². The highest BCUT2D eigenvalue weighted by molar-refractivity contribution is 7.14. The van der Waals surface area contributed by atoms with Crippen LogP contribution in [-0.4, -0.2) is 29.4 Å². The molecule has 1 aromatic rings. The Morgan fingerprint density at radius 3 is 3.06 bits per heavy atom. The molecule has 6 heteroatoms. The Bertz CT molecular complexity index is 481. The van der Waals surface area contributed by atoms with Gasteiger partial charge in [0.1, 0.15) is 0 Å². The number of thiazole rings is 1. The van der Waals surface area contributed by atoms with Crippen LogP contribution in [0.3, 0.4) is 0 Å². The summed E-state index contributed by atoms with van der Waals surface area (Å²) >= 11 is 1.44. The average molecular weight is 265 g/mol. The number of nitrogens with zero attached hydrogens (tertiary/aromatic N) is 2. The third-order valence-electron chi connectivity index (χ3n) is 3.13. The van der Waals surface area contributed by atoms with Crippen LogP contribution >= 0.6 is 11.3 Å². The number of hydrogen-bond donors (Lipinski definition) is 1. The molecule has 2 heterocycles. The van der Waals surface area contributed by atoms with Gasteiger partial charge in [0.15, 0.2) is 5.13 Å². The van der Waals surface area contributed by atoms with E-state index in [1.807, 2.05) is 5.38 Å². The van der Waals surface area contributed by atoms with Crippen LogP contribution in [0.1, 0.15) is 31.4 Å². The number of rotatable bonds is 4. The number of hydrogen-bond acceptors (Lipinski definition) is 4. The number of aromatic nitrogens is 1. The second-order valence-electron chi connectivity index (χ2n) is 4.79. The Balaban J connectivity index is 1.61. The number of carbonyl (C=O) groups excluding carboxylic acids is 2. The highest BCUT2D eigenvalue weighted by atomic mass is 32.1. The fourth-order valence-corrected chi connectivity index (χ4v) is 2.89. The van der Waals surface area contributed by atoms with Gasteiger partial charge in [-0.1, -0.05) is 0 Å². The minimum atomic E-state index is 0.0297. The van der Waals surface area contributed by atoms with Crippen molar-refractivity contribution >= 4 is 28.3 Å². The van der Waals surface area contributed by atoms with Crippen molar-refractivity contribution in [2.24, 2.45) is 0 Å². The lowest BCUT2D eigenvalue weighted by Gasteiger charge is -2.10. The van der Waals surface area contributed by atoms with Gasteiger partial charge in [0.25, 0.3) is 0 Å². The van der Waals surface area contributed by atoms with E-state index in [1.165, 1.54) is 11.3 Å².